The van der Waals surface area contributed by atoms with Crippen molar-refractivity contribution in [3.8, 4) is 17.2 Å². The number of rotatable bonds is 21. The molecule has 1 fully saturated rings. The molecule has 1 saturated carbocycles. The van der Waals surface area contributed by atoms with Crippen LogP contribution in [-0.2, 0) is 0 Å². The summed E-state index contributed by atoms with van der Waals surface area (Å²) >= 11 is 0. The molecule has 0 bridgehead atoms. The topological polar surface area (TPSA) is 44.8 Å². The lowest BCUT2D eigenvalue weighted by molar-refractivity contribution is 0.0734. The molecule has 0 heterocycles. The fraction of sp³-hybridized carbons (Fsp3) is 0.649. The smallest absolute Gasteiger partial charge is 0.343 e. The molecule has 0 atom stereocenters. The van der Waals surface area contributed by atoms with Crippen LogP contribution in [0.3, 0.4) is 0 Å². The van der Waals surface area contributed by atoms with E-state index in [9.17, 15) is 9.18 Å². The summed E-state index contributed by atoms with van der Waals surface area (Å²) < 4.78 is 31.4. The molecule has 0 amide bonds. The number of carbonyl (C=O) groups is 1. The van der Waals surface area contributed by atoms with Gasteiger partial charge in [0.1, 0.15) is 11.5 Å². The normalized spacial score (nSPS) is 16.7. The van der Waals surface area contributed by atoms with E-state index in [4.69, 9.17) is 14.2 Å². The summed E-state index contributed by atoms with van der Waals surface area (Å²) in [7, 11) is 0. The van der Waals surface area contributed by atoms with Crippen molar-refractivity contribution >= 4 is 5.97 Å². The minimum atomic E-state index is -0.601. The first kappa shape index (κ1) is 33.9. The third-order valence-corrected chi connectivity index (χ3v) is 8.67. The summed E-state index contributed by atoms with van der Waals surface area (Å²) in [5.74, 6) is 1.98. The summed E-state index contributed by atoms with van der Waals surface area (Å²) in [4.78, 5) is 12.6. The van der Waals surface area contributed by atoms with E-state index >= 15 is 0 Å². The van der Waals surface area contributed by atoms with Crippen molar-refractivity contribution < 1.29 is 23.4 Å². The molecule has 2 aromatic rings. The molecule has 1 aliphatic rings. The Morgan fingerprint density at radius 1 is 0.667 bits per heavy atom. The molecule has 234 valence electrons. The number of ether oxygens (including phenoxy) is 3. The lowest BCUT2D eigenvalue weighted by atomic mass is 9.78. The Morgan fingerprint density at radius 2 is 1.21 bits per heavy atom. The second kappa shape index (κ2) is 20.4. The molecule has 0 spiro atoms. The van der Waals surface area contributed by atoms with E-state index in [1.807, 2.05) is 12.1 Å². The van der Waals surface area contributed by atoms with Crippen molar-refractivity contribution in [2.24, 2.45) is 11.8 Å². The molecule has 3 rings (SSSR count). The summed E-state index contributed by atoms with van der Waals surface area (Å²) in [6.45, 7) is 5.64. The number of benzene rings is 2. The molecule has 0 unspecified atom stereocenters. The molecule has 1 aliphatic carbocycles. The van der Waals surface area contributed by atoms with Gasteiger partial charge in [0, 0.05) is 0 Å². The van der Waals surface area contributed by atoms with Crippen molar-refractivity contribution in [2.45, 2.75) is 129 Å². The highest BCUT2D eigenvalue weighted by Gasteiger charge is 2.20. The number of unbranched alkanes of at least 4 members (excludes halogenated alkanes) is 9. The van der Waals surface area contributed by atoms with Gasteiger partial charge in [0.15, 0.2) is 11.6 Å². The van der Waals surface area contributed by atoms with E-state index in [-0.39, 0.29) is 11.3 Å². The lowest BCUT2D eigenvalue weighted by Crippen LogP contribution is -2.15. The van der Waals surface area contributed by atoms with Crippen LogP contribution in [0, 0.1) is 17.7 Å². The zero-order valence-electron chi connectivity index (χ0n) is 26.3. The molecule has 0 aliphatic heterocycles. The quantitative estimate of drug-likeness (QED) is 0.0834. The third kappa shape index (κ3) is 13.2. The highest BCUT2D eigenvalue weighted by molar-refractivity contribution is 5.91. The minimum Gasteiger partial charge on any atom is -0.494 e. The molecule has 0 N–H and O–H groups in total. The first-order chi connectivity index (χ1) is 20.6. The van der Waals surface area contributed by atoms with Crippen molar-refractivity contribution in [2.75, 3.05) is 13.2 Å². The van der Waals surface area contributed by atoms with Crippen LogP contribution >= 0.6 is 0 Å². The maximum absolute atomic E-state index is 14.5. The first-order valence-electron chi connectivity index (χ1n) is 17.0. The van der Waals surface area contributed by atoms with Crippen molar-refractivity contribution in [3.05, 3.63) is 53.8 Å². The zero-order valence-corrected chi connectivity index (χ0v) is 26.3. The monoisotopic (exact) mass is 582 g/mol. The van der Waals surface area contributed by atoms with Crippen LogP contribution in [0.4, 0.5) is 4.39 Å². The van der Waals surface area contributed by atoms with E-state index in [0.717, 1.165) is 36.8 Å². The Kier molecular flexibility index (Phi) is 16.5. The van der Waals surface area contributed by atoms with Gasteiger partial charge >= 0.3 is 5.97 Å². The number of hydrogen-bond donors (Lipinski definition) is 0. The van der Waals surface area contributed by atoms with Gasteiger partial charge < -0.3 is 14.2 Å². The third-order valence-electron chi connectivity index (χ3n) is 8.67. The predicted octanol–water partition coefficient (Wildman–Crippen LogP) is 11.1. The molecular formula is C37H55FO4. The van der Waals surface area contributed by atoms with Crippen LogP contribution < -0.4 is 14.2 Å². The van der Waals surface area contributed by atoms with Gasteiger partial charge in [-0.15, -0.1) is 0 Å². The maximum Gasteiger partial charge on any atom is 0.343 e. The Morgan fingerprint density at radius 3 is 1.86 bits per heavy atom. The van der Waals surface area contributed by atoms with Crippen molar-refractivity contribution in [3.63, 3.8) is 0 Å². The van der Waals surface area contributed by atoms with E-state index < -0.39 is 11.8 Å². The average Bonchev–Trinajstić information content (AvgIpc) is 3.01. The van der Waals surface area contributed by atoms with E-state index in [1.54, 1.807) is 18.2 Å². The van der Waals surface area contributed by atoms with Gasteiger partial charge in [-0.05, 0) is 73.6 Å². The number of hydrogen-bond acceptors (Lipinski definition) is 4. The summed E-state index contributed by atoms with van der Waals surface area (Å²) in [5.41, 5.74) is 0.153. The summed E-state index contributed by atoms with van der Waals surface area (Å²) in [6, 6.07) is 11.3. The van der Waals surface area contributed by atoms with E-state index in [0.29, 0.717) is 19.0 Å². The molecule has 0 aromatic heterocycles. The standard InChI is InChI=1S/C37H55FO4/c1-3-5-7-9-11-13-27-41-36-26-21-32(29-35(36)38)37(39)42-34-24-22-33(23-25-34)40-28-14-16-31-19-17-30(18-20-31)15-12-10-8-6-4-2/h21-26,29-31H,3-20,27-28H2,1-2H3. The van der Waals surface area contributed by atoms with Crippen LogP contribution in [0.25, 0.3) is 0 Å². The Balaban J connectivity index is 1.28. The number of esters is 1. The molecule has 5 heteroatoms. The number of halogens is 1. The van der Waals surface area contributed by atoms with Crippen molar-refractivity contribution in [1.82, 2.24) is 0 Å². The fourth-order valence-electron chi connectivity index (χ4n) is 5.99. The van der Waals surface area contributed by atoms with Crippen LogP contribution in [0.1, 0.15) is 140 Å². The second-order valence-electron chi connectivity index (χ2n) is 12.2. The molecule has 0 radical (unpaired) electrons. The van der Waals surface area contributed by atoms with Gasteiger partial charge in [0.25, 0.3) is 0 Å². The molecule has 4 nitrogen and oxygen atoms in total. The Hall–Kier alpha value is -2.56. The van der Waals surface area contributed by atoms with Gasteiger partial charge in [-0.3, -0.25) is 0 Å². The van der Waals surface area contributed by atoms with Crippen LogP contribution in [-0.4, -0.2) is 19.2 Å². The van der Waals surface area contributed by atoms with Gasteiger partial charge in [0.05, 0.1) is 18.8 Å². The van der Waals surface area contributed by atoms with E-state index in [1.165, 1.54) is 108 Å². The summed E-state index contributed by atoms with van der Waals surface area (Å²) in [5, 5.41) is 0. The molecule has 42 heavy (non-hydrogen) atoms. The zero-order chi connectivity index (χ0) is 29.8. The molecule has 0 saturated heterocycles. The average molecular weight is 583 g/mol. The van der Waals surface area contributed by atoms with Gasteiger partial charge in [-0.1, -0.05) is 110 Å². The van der Waals surface area contributed by atoms with Gasteiger partial charge in [-0.2, -0.15) is 0 Å². The number of carbonyl (C=O) groups excluding carboxylic acids is 1. The highest BCUT2D eigenvalue weighted by atomic mass is 19.1. The van der Waals surface area contributed by atoms with Crippen molar-refractivity contribution in [1.29, 1.82) is 0 Å². The van der Waals surface area contributed by atoms with Crippen LogP contribution in [0.2, 0.25) is 0 Å². The maximum atomic E-state index is 14.5. The second-order valence-corrected chi connectivity index (χ2v) is 12.2. The Bertz CT molecular complexity index is 997. The summed E-state index contributed by atoms with van der Waals surface area (Å²) in [6.07, 6.45) is 23.1. The lowest BCUT2D eigenvalue weighted by Gasteiger charge is -2.28. The first-order valence-corrected chi connectivity index (χ1v) is 17.0. The highest BCUT2D eigenvalue weighted by Crippen LogP contribution is 2.34. The Labute approximate surface area is 254 Å². The van der Waals surface area contributed by atoms with E-state index in [2.05, 4.69) is 13.8 Å². The SMILES string of the molecule is CCCCCCCCOc1ccc(C(=O)Oc2ccc(OCCCC3CCC(CCCCCCC)CC3)cc2)cc1F. The van der Waals surface area contributed by atoms with Gasteiger partial charge in [-0.25, -0.2) is 9.18 Å². The van der Waals surface area contributed by atoms with Crippen LogP contribution in [0.5, 0.6) is 17.2 Å². The largest absolute Gasteiger partial charge is 0.494 e. The predicted molar refractivity (Wildman–Crippen MR) is 170 cm³/mol. The minimum absolute atomic E-state index is 0.153. The van der Waals surface area contributed by atoms with Gasteiger partial charge in [0.2, 0.25) is 0 Å². The fourth-order valence-corrected chi connectivity index (χ4v) is 5.99. The molecular weight excluding hydrogens is 527 g/mol. The van der Waals surface area contributed by atoms with Crippen LogP contribution in [0.15, 0.2) is 42.5 Å². The molecule has 2 aromatic carbocycles.